The third-order valence-electron chi connectivity index (χ3n) is 3.33. The van der Waals surface area contributed by atoms with E-state index in [2.05, 4.69) is 10.3 Å². The lowest BCUT2D eigenvalue weighted by Gasteiger charge is -2.10. The molecule has 0 aliphatic rings. The Bertz CT molecular complexity index is 825. The summed E-state index contributed by atoms with van der Waals surface area (Å²) in [5.74, 6) is -0.553. The maximum atomic E-state index is 13.1. The van der Waals surface area contributed by atoms with Crippen LogP contribution >= 0.6 is 0 Å². The molecular weight excluding hydrogens is 267 g/mol. The number of rotatable bonds is 2. The number of carbonyl (C=O) groups excluding carboxylic acids is 1. The molecule has 0 aliphatic carbocycles. The maximum Gasteiger partial charge on any atom is 0.256 e. The van der Waals surface area contributed by atoms with Crippen molar-refractivity contribution in [2.24, 2.45) is 0 Å². The number of amides is 1. The van der Waals surface area contributed by atoms with Crippen molar-refractivity contribution in [1.29, 1.82) is 0 Å². The largest absolute Gasteiger partial charge is 0.322 e. The van der Waals surface area contributed by atoms with E-state index in [1.54, 1.807) is 37.4 Å². The molecule has 1 aromatic heterocycles. The molecule has 2 aromatic carbocycles. The standard InChI is InChI=1S/C17H13FN2O/c1-11-10-12(18)7-8-15(11)20-17(21)14-4-2-6-16-13(14)5-3-9-19-16/h2-10H,1H3,(H,20,21). The van der Waals surface area contributed by atoms with E-state index in [9.17, 15) is 9.18 Å². The summed E-state index contributed by atoms with van der Waals surface area (Å²) in [5.41, 5.74) is 2.59. The zero-order valence-corrected chi connectivity index (χ0v) is 11.4. The number of hydrogen-bond acceptors (Lipinski definition) is 2. The molecule has 4 heteroatoms. The summed E-state index contributed by atoms with van der Waals surface area (Å²) in [6.07, 6.45) is 1.69. The number of aromatic nitrogens is 1. The predicted octanol–water partition coefficient (Wildman–Crippen LogP) is 3.93. The SMILES string of the molecule is Cc1cc(F)ccc1NC(=O)c1cccc2ncccc12. The van der Waals surface area contributed by atoms with Crippen molar-refractivity contribution in [3.63, 3.8) is 0 Å². The van der Waals surface area contributed by atoms with Gasteiger partial charge in [-0.1, -0.05) is 12.1 Å². The second-order valence-electron chi connectivity index (χ2n) is 4.79. The number of nitrogens with zero attached hydrogens (tertiary/aromatic N) is 1. The van der Waals surface area contributed by atoms with Crippen LogP contribution in [-0.4, -0.2) is 10.9 Å². The van der Waals surface area contributed by atoms with E-state index in [0.717, 1.165) is 10.9 Å². The molecule has 0 unspecified atom stereocenters. The lowest BCUT2D eigenvalue weighted by Crippen LogP contribution is -2.13. The van der Waals surface area contributed by atoms with Gasteiger partial charge in [-0.05, 0) is 48.9 Å². The van der Waals surface area contributed by atoms with Crippen molar-refractivity contribution in [2.45, 2.75) is 6.92 Å². The number of anilines is 1. The lowest BCUT2D eigenvalue weighted by atomic mass is 10.1. The fraction of sp³-hybridized carbons (Fsp3) is 0.0588. The van der Waals surface area contributed by atoms with Crippen molar-refractivity contribution < 1.29 is 9.18 Å². The van der Waals surface area contributed by atoms with Gasteiger partial charge in [0.2, 0.25) is 0 Å². The van der Waals surface area contributed by atoms with Crippen LogP contribution in [0, 0.1) is 12.7 Å². The number of halogens is 1. The molecule has 0 spiro atoms. The third kappa shape index (κ3) is 2.60. The topological polar surface area (TPSA) is 42.0 Å². The van der Waals surface area contributed by atoms with Gasteiger partial charge in [0, 0.05) is 22.8 Å². The molecule has 0 aliphatic heterocycles. The zero-order chi connectivity index (χ0) is 14.8. The average molecular weight is 280 g/mol. The Hall–Kier alpha value is -2.75. The van der Waals surface area contributed by atoms with E-state index in [-0.39, 0.29) is 11.7 Å². The highest BCUT2D eigenvalue weighted by atomic mass is 19.1. The van der Waals surface area contributed by atoms with Crippen LogP contribution in [0.4, 0.5) is 10.1 Å². The maximum absolute atomic E-state index is 13.1. The van der Waals surface area contributed by atoms with Crippen LogP contribution in [0.5, 0.6) is 0 Å². The highest BCUT2D eigenvalue weighted by Gasteiger charge is 2.11. The number of benzene rings is 2. The Morgan fingerprint density at radius 2 is 2.00 bits per heavy atom. The fourth-order valence-electron chi connectivity index (χ4n) is 2.26. The molecule has 0 radical (unpaired) electrons. The third-order valence-corrected chi connectivity index (χ3v) is 3.33. The normalized spacial score (nSPS) is 10.6. The second kappa shape index (κ2) is 5.32. The molecule has 1 heterocycles. The number of pyridine rings is 1. The summed E-state index contributed by atoms with van der Waals surface area (Å²) in [7, 11) is 0. The first-order valence-electron chi connectivity index (χ1n) is 6.56. The minimum atomic E-state index is -0.320. The van der Waals surface area contributed by atoms with E-state index in [1.807, 2.05) is 12.1 Å². The fourth-order valence-corrected chi connectivity index (χ4v) is 2.26. The average Bonchev–Trinajstić information content (AvgIpc) is 2.49. The van der Waals surface area contributed by atoms with Crippen molar-refractivity contribution >= 4 is 22.5 Å². The van der Waals surface area contributed by atoms with Crippen LogP contribution in [0.3, 0.4) is 0 Å². The van der Waals surface area contributed by atoms with Gasteiger partial charge < -0.3 is 5.32 Å². The van der Waals surface area contributed by atoms with Crippen molar-refractivity contribution in [3.8, 4) is 0 Å². The lowest BCUT2D eigenvalue weighted by molar-refractivity contribution is 0.102. The van der Waals surface area contributed by atoms with Crippen molar-refractivity contribution in [2.75, 3.05) is 5.32 Å². The van der Waals surface area contributed by atoms with Gasteiger partial charge >= 0.3 is 0 Å². The highest BCUT2D eigenvalue weighted by molar-refractivity contribution is 6.12. The van der Waals surface area contributed by atoms with E-state index in [0.29, 0.717) is 16.8 Å². The second-order valence-corrected chi connectivity index (χ2v) is 4.79. The molecule has 3 nitrogen and oxygen atoms in total. The molecule has 0 saturated carbocycles. The van der Waals surface area contributed by atoms with Crippen LogP contribution in [-0.2, 0) is 0 Å². The van der Waals surface area contributed by atoms with Gasteiger partial charge in [0.1, 0.15) is 5.82 Å². The highest BCUT2D eigenvalue weighted by Crippen LogP contribution is 2.20. The molecule has 0 bridgehead atoms. The molecule has 0 fully saturated rings. The Morgan fingerprint density at radius 3 is 2.81 bits per heavy atom. The number of nitrogens with one attached hydrogen (secondary N) is 1. The minimum absolute atomic E-state index is 0.233. The summed E-state index contributed by atoms with van der Waals surface area (Å²) in [6, 6.07) is 13.3. The Morgan fingerprint density at radius 1 is 1.14 bits per heavy atom. The number of carbonyl (C=O) groups is 1. The molecule has 21 heavy (non-hydrogen) atoms. The van der Waals surface area contributed by atoms with Crippen LogP contribution in [0.1, 0.15) is 15.9 Å². The summed E-state index contributed by atoms with van der Waals surface area (Å²) in [4.78, 5) is 16.7. The van der Waals surface area contributed by atoms with Gasteiger partial charge in [-0.3, -0.25) is 9.78 Å². The van der Waals surface area contributed by atoms with Crippen molar-refractivity contribution in [3.05, 3.63) is 71.7 Å². The smallest absolute Gasteiger partial charge is 0.256 e. The molecule has 104 valence electrons. The molecule has 0 atom stereocenters. The zero-order valence-electron chi connectivity index (χ0n) is 11.4. The van der Waals surface area contributed by atoms with E-state index < -0.39 is 0 Å². The number of fused-ring (bicyclic) bond motifs is 1. The van der Waals surface area contributed by atoms with Gasteiger partial charge in [-0.15, -0.1) is 0 Å². The first-order chi connectivity index (χ1) is 10.1. The predicted molar refractivity (Wildman–Crippen MR) is 80.8 cm³/mol. The van der Waals surface area contributed by atoms with Gasteiger partial charge in [-0.25, -0.2) is 4.39 Å². The Kier molecular flexibility index (Phi) is 3.36. The van der Waals surface area contributed by atoms with Gasteiger partial charge in [0.05, 0.1) is 5.52 Å². The number of aryl methyl sites for hydroxylation is 1. The van der Waals surface area contributed by atoms with Crippen LogP contribution in [0.25, 0.3) is 10.9 Å². The first kappa shape index (κ1) is 13.2. The molecular formula is C17H13FN2O. The van der Waals surface area contributed by atoms with E-state index in [1.165, 1.54) is 12.1 Å². The molecule has 1 N–H and O–H groups in total. The first-order valence-corrected chi connectivity index (χ1v) is 6.56. The number of hydrogen-bond donors (Lipinski definition) is 1. The van der Waals surface area contributed by atoms with Gasteiger partial charge in [-0.2, -0.15) is 0 Å². The quantitative estimate of drug-likeness (QED) is 0.772. The minimum Gasteiger partial charge on any atom is -0.322 e. The Balaban J connectivity index is 1.97. The molecule has 1 amide bonds. The summed E-state index contributed by atoms with van der Waals surface area (Å²) >= 11 is 0. The van der Waals surface area contributed by atoms with Crippen LogP contribution in [0.2, 0.25) is 0 Å². The van der Waals surface area contributed by atoms with Crippen LogP contribution < -0.4 is 5.32 Å². The molecule has 3 rings (SSSR count). The monoisotopic (exact) mass is 280 g/mol. The molecule has 3 aromatic rings. The summed E-state index contributed by atoms with van der Waals surface area (Å²) in [6.45, 7) is 1.75. The molecule has 0 saturated heterocycles. The van der Waals surface area contributed by atoms with Crippen molar-refractivity contribution in [1.82, 2.24) is 4.98 Å². The van der Waals surface area contributed by atoms with Gasteiger partial charge in [0.25, 0.3) is 5.91 Å². The van der Waals surface area contributed by atoms with Crippen LogP contribution in [0.15, 0.2) is 54.7 Å². The van der Waals surface area contributed by atoms with E-state index >= 15 is 0 Å². The van der Waals surface area contributed by atoms with Gasteiger partial charge in [0.15, 0.2) is 0 Å². The van der Waals surface area contributed by atoms with E-state index in [4.69, 9.17) is 0 Å². The summed E-state index contributed by atoms with van der Waals surface area (Å²) < 4.78 is 13.1. The summed E-state index contributed by atoms with van der Waals surface area (Å²) in [5, 5.41) is 3.60. The Labute approximate surface area is 121 Å².